The molecular weight excluding hydrogens is 246 g/mol. The molecule has 0 aliphatic rings. The third-order valence-electron chi connectivity index (χ3n) is 2.17. The Hall–Kier alpha value is -1.52. The number of unbranched alkanes of at least 4 members (excludes halogenated alkanes) is 3. The lowest BCUT2D eigenvalue weighted by atomic mass is 10.2. The summed E-state index contributed by atoms with van der Waals surface area (Å²) in [6.45, 7) is 6.11. The Morgan fingerprint density at radius 1 is 1.16 bits per heavy atom. The standard InChI is InChI=1S/C14H25NO4/c1-14(2,3)19-13(17)15-11-9-7-5-6-8-10-12(16)18-4/h8,10H,5-7,9,11H2,1-4H3,(H,15,17). The van der Waals surface area contributed by atoms with Crippen molar-refractivity contribution in [3.8, 4) is 0 Å². The van der Waals surface area contributed by atoms with Gasteiger partial charge in [-0.2, -0.15) is 0 Å². The van der Waals surface area contributed by atoms with E-state index >= 15 is 0 Å². The van der Waals surface area contributed by atoms with Crippen LogP contribution in [0.3, 0.4) is 0 Å². The number of carbonyl (C=O) groups is 2. The molecule has 0 bridgehead atoms. The number of allylic oxidation sites excluding steroid dienone is 1. The van der Waals surface area contributed by atoms with E-state index in [-0.39, 0.29) is 12.1 Å². The second kappa shape index (κ2) is 9.42. The molecule has 1 N–H and O–H groups in total. The van der Waals surface area contributed by atoms with Gasteiger partial charge in [-0.3, -0.25) is 0 Å². The van der Waals surface area contributed by atoms with E-state index in [9.17, 15) is 9.59 Å². The molecule has 1 amide bonds. The molecule has 0 aliphatic heterocycles. The fourth-order valence-electron chi connectivity index (χ4n) is 1.32. The molecule has 0 fully saturated rings. The van der Waals surface area contributed by atoms with Gasteiger partial charge < -0.3 is 14.8 Å². The third kappa shape index (κ3) is 12.7. The summed E-state index contributed by atoms with van der Waals surface area (Å²) in [4.78, 5) is 22.1. The third-order valence-corrected chi connectivity index (χ3v) is 2.17. The Kier molecular flexibility index (Phi) is 8.66. The Balaban J connectivity index is 3.44. The van der Waals surface area contributed by atoms with Gasteiger partial charge in [0.1, 0.15) is 5.60 Å². The first-order valence-corrected chi connectivity index (χ1v) is 6.56. The first kappa shape index (κ1) is 17.5. The number of hydrogen-bond acceptors (Lipinski definition) is 4. The van der Waals surface area contributed by atoms with Crippen LogP contribution in [-0.2, 0) is 14.3 Å². The molecule has 0 radical (unpaired) electrons. The summed E-state index contributed by atoms with van der Waals surface area (Å²) in [5.74, 6) is -0.327. The van der Waals surface area contributed by atoms with Crippen molar-refractivity contribution in [2.75, 3.05) is 13.7 Å². The van der Waals surface area contributed by atoms with Gasteiger partial charge in [-0.15, -0.1) is 0 Å². The molecule has 5 nitrogen and oxygen atoms in total. The highest BCUT2D eigenvalue weighted by molar-refractivity contribution is 5.81. The summed E-state index contributed by atoms with van der Waals surface area (Å²) in [6.07, 6.45) is 6.54. The molecule has 0 aliphatic carbocycles. The predicted molar refractivity (Wildman–Crippen MR) is 73.9 cm³/mol. The van der Waals surface area contributed by atoms with Crippen LogP contribution in [0.4, 0.5) is 4.79 Å². The van der Waals surface area contributed by atoms with E-state index in [1.54, 1.807) is 6.08 Å². The summed E-state index contributed by atoms with van der Waals surface area (Å²) in [7, 11) is 1.36. The molecule has 0 heterocycles. The Morgan fingerprint density at radius 2 is 1.84 bits per heavy atom. The minimum atomic E-state index is -0.456. The van der Waals surface area contributed by atoms with Crippen LogP contribution in [0.25, 0.3) is 0 Å². The van der Waals surface area contributed by atoms with E-state index in [2.05, 4.69) is 10.1 Å². The number of rotatable bonds is 7. The molecule has 0 saturated heterocycles. The molecule has 19 heavy (non-hydrogen) atoms. The van der Waals surface area contributed by atoms with Crippen LogP contribution >= 0.6 is 0 Å². The zero-order valence-corrected chi connectivity index (χ0v) is 12.3. The minimum Gasteiger partial charge on any atom is -0.466 e. The second-order valence-electron chi connectivity index (χ2n) is 5.20. The number of esters is 1. The van der Waals surface area contributed by atoms with Crippen molar-refractivity contribution in [2.45, 2.75) is 52.1 Å². The Morgan fingerprint density at radius 3 is 2.42 bits per heavy atom. The summed E-state index contributed by atoms with van der Waals surface area (Å²) in [6, 6.07) is 0. The number of ether oxygens (including phenoxy) is 2. The number of methoxy groups -OCH3 is 1. The minimum absolute atomic E-state index is 0.327. The normalized spacial score (nSPS) is 11.4. The molecule has 5 heteroatoms. The molecule has 110 valence electrons. The summed E-state index contributed by atoms with van der Waals surface area (Å²) >= 11 is 0. The average molecular weight is 271 g/mol. The SMILES string of the molecule is COC(=O)C=CCCCCCNC(=O)OC(C)(C)C. The van der Waals surface area contributed by atoms with Crippen LogP contribution < -0.4 is 5.32 Å². The van der Waals surface area contributed by atoms with Gasteiger partial charge in [-0.25, -0.2) is 9.59 Å². The maximum atomic E-state index is 11.3. The van der Waals surface area contributed by atoms with Gasteiger partial charge in [-0.1, -0.05) is 12.5 Å². The van der Waals surface area contributed by atoms with Gasteiger partial charge >= 0.3 is 12.1 Å². The number of amides is 1. The summed E-state index contributed by atoms with van der Waals surface area (Å²) < 4.78 is 9.58. The van der Waals surface area contributed by atoms with Crippen molar-refractivity contribution >= 4 is 12.1 Å². The van der Waals surface area contributed by atoms with Crippen molar-refractivity contribution in [2.24, 2.45) is 0 Å². The molecule has 0 aromatic heterocycles. The highest BCUT2D eigenvalue weighted by atomic mass is 16.6. The van der Waals surface area contributed by atoms with Gasteiger partial charge in [-0.05, 0) is 40.0 Å². The topological polar surface area (TPSA) is 64.6 Å². The van der Waals surface area contributed by atoms with E-state index in [4.69, 9.17) is 4.74 Å². The molecule has 0 rings (SSSR count). The monoisotopic (exact) mass is 271 g/mol. The largest absolute Gasteiger partial charge is 0.466 e. The molecule has 0 aromatic carbocycles. The lowest BCUT2D eigenvalue weighted by Crippen LogP contribution is -2.32. The van der Waals surface area contributed by atoms with Gasteiger partial charge in [0.25, 0.3) is 0 Å². The first-order valence-electron chi connectivity index (χ1n) is 6.56. The maximum absolute atomic E-state index is 11.3. The summed E-state index contributed by atoms with van der Waals surface area (Å²) in [5.41, 5.74) is -0.456. The molecule has 0 unspecified atom stereocenters. The maximum Gasteiger partial charge on any atom is 0.407 e. The number of carbonyl (C=O) groups excluding carboxylic acids is 2. The van der Waals surface area contributed by atoms with Crippen LogP contribution in [0.1, 0.15) is 46.5 Å². The van der Waals surface area contributed by atoms with Crippen molar-refractivity contribution in [1.82, 2.24) is 5.32 Å². The van der Waals surface area contributed by atoms with Crippen LogP contribution in [0.2, 0.25) is 0 Å². The van der Waals surface area contributed by atoms with Gasteiger partial charge in [0.05, 0.1) is 7.11 Å². The molecule has 0 saturated carbocycles. The Labute approximate surface area is 115 Å². The fraction of sp³-hybridized carbons (Fsp3) is 0.714. The lowest BCUT2D eigenvalue weighted by Gasteiger charge is -2.19. The van der Waals surface area contributed by atoms with E-state index in [1.807, 2.05) is 20.8 Å². The zero-order valence-electron chi connectivity index (χ0n) is 12.3. The second-order valence-corrected chi connectivity index (χ2v) is 5.20. The predicted octanol–water partition coefficient (Wildman–Crippen LogP) is 2.80. The molecule has 0 atom stereocenters. The van der Waals surface area contributed by atoms with Crippen LogP contribution in [0, 0.1) is 0 Å². The van der Waals surface area contributed by atoms with Crippen LogP contribution in [-0.4, -0.2) is 31.3 Å². The van der Waals surface area contributed by atoms with Crippen molar-refractivity contribution in [3.63, 3.8) is 0 Å². The number of alkyl carbamates (subject to hydrolysis) is 1. The van der Waals surface area contributed by atoms with Crippen LogP contribution in [0.15, 0.2) is 12.2 Å². The van der Waals surface area contributed by atoms with Crippen molar-refractivity contribution in [3.05, 3.63) is 12.2 Å². The smallest absolute Gasteiger partial charge is 0.407 e. The van der Waals surface area contributed by atoms with E-state index < -0.39 is 5.60 Å². The first-order chi connectivity index (χ1) is 8.85. The van der Waals surface area contributed by atoms with E-state index in [0.29, 0.717) is 6.54 Å². The van der Waals surface area contributed by atoms with E-state index in [0.717, 1.165) is 25.7 Å². The highest BCUT2D eigenvalue weighted by Gasteiger charge is 2.15. The number of hydrogen-bond donors (Lipinski definition) is 1. The van der Waals surface area contributed by atoms with Crippen LogP contribution in [0.5, 0.6) is 0 Å². The van der Waals surface area contributed by atoms with Gasteiger partial charge in [0.15, 0.2) is 0 Å². The lowest BCUT2D eigenvalue weighted by molar-refractivity contribution is -0.134. The fourth-order valence-corrected chi connectivity index (χ4v) is 1.32. The van der Waals surface area contributed by atoms with Crippen molar-refractivity contribution in [1.29, 1.82) is 0 Å². The quantitative estimate of drug-likeness (QED) is 0.439. The number of nitrogens with one attached hydrogen (secondary N) is 1. The molecule has 0 aromatic rings. The average Bonchev–Trinajstić information content (AvgIpc) is 2.29. The van der Waals surface area contributed by atoms with Gasteiger partial charge in [0, 0.05) is 12.6 Å². The molecular formula is C14H25NO4. The van der Waals surface area contributed by atoms with Gasteiger partial charge in [0.2, 0.25) is 0 Å². The van der Waals surface area contributed by atoms with E-state index in [1.165, 1.54) is 13.2 Å². The Bertz CT molecular complexity index is 305. The summed E-state index contributed by atoms with van der Waals surface area (Å²) in [5, 5.41) is 2.70. The highest BCUT2D eigenvalue weighted by Crippen LogP contribution is 2.06. The zero-order chi connectivity index (χ0) is 14.7. The molecule has 0 spiro atoms. The van der Waals surface area contributed by atoms with Crippen molar-refractivity contribution < 1.29 is 19.1 Å².